The fourth-order valence-electron chi connectivity index (χ4n) is 3.23. The molecule has 0 spiro atoms. The summed E-state index contributed by atoms with van der Waals surface area (Å²) in [6, 6.07) is 0.575. The minimum Gasteiger partial charge on any atom is -0.304 e. The fourth-order valence-corrected chi connectivity index (χ4v) is 4.42. The largest absolute Gasteiger partial charge is 0.304 e. The molecule has 0 aromatic rings. The minimum atomic E-state index is -2.81. The van der Waals surface area contributed by atoms with Gasteiger partial charge >= 0.3 is 0 Å². The van der Waals surface area contributed by atoms with Crippen molar-refractivity contribution < 1.29 is 8.42 Å². The molecule has 1 saturated carbocycles. The molecular formula is C14H29N3O2S. The summed E-state index contributed by atoms with van der Waals surface area (Å²) < 4.78 is 22.6. The Balaban J connectivity index is 1.62. The number of piperazine rings is 1. The first-order valence-corrected chi connectivity index (χ1v) is 9.80. The zero-order chi connectivity index (χ0) is 14.6. The van der Waals surface area contributed by atoms with Gasteiger partial charge in [-0.05, 0) is 38.6 Å². The molecule has 0 amide bonds. The lowest BCUT2D eigenvalue weighted by Gasteiger charge is -2.35. The van der Waals surface area contributed by atoms with E-state index in [4.69, 9.17) is 0 Å². The molecule has 1 heterocycles. The number of rotatable bonds is 5. The average molecular weight is 303 g/mol. The van der Waals surface area contributed by atoms with Crippen LogP contribution >= 0.6 is 0 Å². The topological polar surface area (TPSA) is 52.6 Å². The molecule has 1 saturated heterocycles. The van der Waals surface area contributed by atoms with Gasteiger partial charge in [0.05, 0.1) is 5.75 Å². The normalized spacial score (nSPS) is 30.5. The standard InChI is InChI=1S/C14H29N3O2S/c1-16-7-9-17(10-8-16)12-15-14-5-3-13(4-6-14)11-20(2,18)19/h13-15H,3-12H2,1-2H3. The van der Waals surface area contributed by atoms with Crippen LogP contribution in [0.4, 0.5) is 0 Å². The Hall–Kier alpha value is -0.170. The van der Waals surface area contributed by atoms with Crippen LogP contribution in [0.1, 0.15) is 25.7 Å². The Kier molecular flexibility index (Phi) is 5.84. The zero-order valence-corrected chi connectivity index (χ0v) is 13.7. The summed E-state index contributed by atoms with van der Waals surface area (Å²) in [4.78, 5) is 4.84. The number of nitrogens with zero attached hydrogens (tertiary/aromatic N) is 2. The highest BCUT2D eigenvalue weighted by atomic mass is 32.2. The van der Waals surface area contributed by atoms with E-state index in [1.807, 2.05) is 0 Å². The highest BCUT2D eigenvalue weighted by Crippen LogP contribution is 2.25. The second-order valence-electron chi connectivity index (χ2n) is 6.59. The molecule has 5 nitrogen and oxygen atoms in total. The van der Waals surface area contributed by atoms with Crippen LogP contribution < -0.4 is 5.32 Å². The first-order chi connectivity index (χ1) is 9.42. The maximum atomic E-state index is 11.3. The average Bonchev–Trinajstić information content (AvgIpc) is 2.38. The molecule has 1 aliphatic carbocycles. The highest BCUT2D eigenvalue weighted by Gasteiger charge is 2.24. The Bertz CT molecular complexity index is 383. The summed E-state index contributed by atoms with van der Waals surface area (Å²) in [5, 5.41) is 3.65. The van der Waals surface area contributed by atoms with Gasteiger partial charge in [-0.3, -0.25) is 4.90 Å². The Morgan fingerprint density at radius 2 is 1.65 bits per heavy atom. The summed E-state index contributed by atoms with van der Waals surface area (Å²) in [6.07, 6.45) is 5.69. The third kappa shape index (κ3) is 5.68. The second kappa shape index (κ2) is 7.20. The van der Waals surface area contributed by atoms with Crippen molar-refractivity contribution in [3.05, 3.63) is 0 Å². The van der Waals surface area contributed by atoms with Gasteiger partial charge in [0, 0.05) is 45.1 Å². The Morgan fingerprint density at radius 3 is 2.20 bits per heavy atom. The van der Waals surface area contributed by atoms with E-state index in [2.05, 4.69) is 22.2 Å². The second-order valence-corrected chi connectivity index (χ2v) is 8.78. The first-order valence-electron chi connectivity index (χ1n) is 7.74. The molecule has 6 heteroatoms. The lowest BCUT2D eigenvalue weighted by atomic mass is 9.87. The lowest BCUT2D eigenvalue weighted by Crippen LogP contribution is -2.49. The van der Waals surface area contributed by atoms with Crippen LogP contribution in [0.3, 0.4) is 0 Å². The molecule has 20 heavy (non-hydrogen) atoms. The third-order valence-corrected chi connectivity index (χ3v) is 5.66. The van der Waals surface area contributed by atoms with E-state index in [1.165, 1.54) is 6.26 Å². The van der Waals surface area contributed by atoms with Crippen molar-refractivity contribution in [3.8, 4) is 0 Å². The molecule has 2 rings (SSSR count). The van der Waals surface area contributed by atoms with Crippen molar-refractivity contribution in [1.82, 2.24) is 15.1 Å². The summed E-state index contributed by atoms with van der Waals surface area (Å²) in [7, 11) is -0.635. The van der Waals surface area contributed by atoms with Gasteiger partial charge in [0.2, 0.25) is 0 Å². The number of nitrogens with one attached hydrogen (secondary N) is 1. The van der Waals surface area contributed by atoms with E-state index in [1.54, 1.807) is 0 Å². The number of hydrogen-bond donors (Lipinski definition) is 1. The van der Waals surface area contributed by atoms with E-state index >= 15 is 0 Å². The van der Waals surface area contributed by atoms with Crippen LogP contribution in [0.15, 0.2) is 0 Å². The maximum Gasteiger partial charge on any atom is 0.147 e. The highest BCUT2D eigenvalue weighted by molar-refractivity contribution is 7.90. The molecular weight excluding hydrogens is 274 g/mol. The quantitative estimate of drug-likeness (QED) is 0.796. The van der Waals surface area contributed by atoms with Crippen molar-refractivity contribution in [2.75, 3.05) is 51.9 Å². The van der Waals surface area contributed by atoms with Crippen LogP contribution in [0.2, 0.25) is 0 Å². The van der Waals surface area contributed by atoms with Gasteiger partial charge in [0.25, 0.3) is 0 Å². The lowest BCUT2D eigenvalue weighted by molar-refractivity contribution is 0.135. The zero-order valence-electron chi connectivity index (χ0n) is 12.8. The van der Waals surface area contributed by atoms with Gasteiger partial charge in [-0.1, -0.05) is 0 Å². The fraction of sp³-hybridized carbons (Fsp3) is 1.00. The van der Waals surface area contributed by atoms with Gasteiger partial charge in [-0.15, -0.1) is 0 Å². The van der Waals surface area contributed by atoms with Crippen molar-refractivity contribution in [2.24, 2.45) is 5.92 Å². The minimum absolute atomic E-state index is 0.373. The van der Waals surface area contributed by atoms with Crippen LogP contribution in [0.25, 0.3) is 0 Å². The van der Waals surface area contributed by atoms with E-state index in [0.29, 0.717) is 17.7 Å². The number of likely N-dealkylation sites (N-methyl/N-ethyl adjacent to an activating group) is 1. The van der Waals surface area contributed by atoms with E-state index in [9.17, 15) is 8.42 Å². The van der Waals surface area contributed by atoms with Gasteiger partial charge in [-0.25, -0.2) is 8.42 Å². The van der Waals surface area contributed by atoms with Crippen LogP contribution in [-0.4, -0.2) is 76.2 Å². The molecule has 0 atom stereocenters. The molecule has 0 radical (unpaired) electrons. The van der Waals surface area contributed by atoms with E-state index in [-0.39, 0.29) is 0 Å². The monoisotopic (exact) mass is 303 g/mol. The third-order valence-electron chi connectivity index (χ3n) is 4.58. The SMILES string of the molecule is CN1CCN(CNC2CCC(CS(C)(=O)=O)CC2)CC1. The molecule has 0 aromatic heterocycles. The molecule has 1 aliphatic heterocycles. The molecule has 0 aromatic carbocycles. The van der Waals surface area contributed by atoms with Gasteiger partial charge in [0.15, 0.2) is 0 Å². The number of sulfone groups is 1. The summed E-state index contributed by atoms with van der Waals surface area (Å²) >= 11 is 0. The van der Waals surface area contributed by atoms with Crippen LogP contribution in [0.5, 0.6) is 0 Å². The van der Waals surface area contributed by atoms with Crippen molar-refractivity contribution in [2.45, 2.75) is 31.7 Å². The maximum absolute atomic E-state index is 11.3. The van der Waals surface area contributed by atoms with Crippen molar-refractivity contribution >= 4 is 9.84 Å². The van der Waals surface area contributed by atoms with E-state index in [0.717, 1.165) is 58.5 Å². The summed E-state index contributed by atoms with van der Waals surface area (Å²) in [5.41, 5.74) is 0. The Labute approximate surface area is 123 Å². The smallest absolute Gasteiger partial charge is 0.147 e. The molecule has 1 N–H and O–H groups in total. The van der Waals surface area contributed by atoms with Crippen molar-refractivity contribution in [3.63, 3.8) is 0 Å². The predicted octanol–water partition coefficient (Wildman–Crippen LogP) is 0.384. The molecule has 118 valence electrons. The van der Waals surface area contributed by atoms with Gasteiger partial charge < -0.3 is 10.2 Å². The molecule has 2 fully saturated rings. The molecule has 2 aliphatic rings. The summed E-state index contributed by atoms with van der Waals surface area (Å²) in [6.45, 7) is 5.58. The molecule has 0 bridgehead atoms. The van der Waals surface area contributed by atoms with Crippen LogP contribution in [-0.2, 0) is 9.84 Å². The summed E-state index contributed by atoms with van der Waals surface area (Å²) in [5.74, 6) is 0.754. The first kappa shape index (κ1) is 16.2. The van der Waals surface area contributed by atoms with Gasteiger partial charge in [0.1, 0.15) is 9.84 Å². The number of hydrogen-bond acceptors (Lipinski definition) is 5. The molecule has 0 unspecified atom stereocenters. The predicted molar refractivity (Wildman–Crippen MR) is 82.5 cm³/mol. The Morgan fingerprint density at radius 1 is 1.05 bits per heavy atom. The van der Waals surface area contributed by atoms with E-state index < -0.39 is 9.84 Å². The van der Waals surface area contributed by atoms with Crippen LogP contribution in [0, 0.1) is 5.92 Å². The van der Waals surface area contributed by atoms with Gasteiger partial charge in [-0.2, -0.15) is 0 Å². The van der Waals surface area contributed by atoms with Crippen molar-refractivity contribution in [1.29, 1.82) is 0 Å².